The molecule has 0 atom stereocenters. The number of hydrogen-bond acceptors (Lipinski definition) is 5. The maximum Gasteiger partial charge on any atom is 0.213 e. The first-order valence-corrected chi connectivity index (χ1v) is 10.0. The van der Waals surface area contributed by atoms with Crippen LogP contribution in [0.5, 0.6) is 0 Å². The molecule has 27 heavy (non-hydrogen) atoms. The van der Waals surface area contributed by atoms with Crippen molar-refractivity contribution in [2.75, 3.05) is 25.0 Å². The summed E-state index contributed by atoms with van der Waals surface area (Å²) < 4.78 is 5.83. The molecule has 1 aliphatic heterocycles. The molecule has 0 spiro atoms. The van der Waals surface area contributed by atoms with Crippen molar-refractivity contribution in [3.63, 3.8) is 0 Å². The predicted molar refractivity (Wildman–Crippen MR) is 124 cm³/mol. The Balaban J connectivity index is 0.00000261. The highest BCUT2D eigenvalue weighted by Crippen LogP contribution is 2.25. The Morgan fingerprint density at radius 3 is 2.67 bits per heavy atom. The fourth-order valence-corrected chi connectivity index (χ4v) is 3.77. The number of hydrogen-bond donors (Lipinski definition) is 2. The van der Waals surface area contributed by atoms with E-state index in [9.17, 15) is 0 Å². The number of piperidine rings is 1. The molecule has 150 valence electrons. The topological polar surface area (TPSA) is 65.7 Å². The number of nitrogens with zero attached hydrogens (tertiary/aromatic N) is 3. The minimum absolute atomic E-state index is 0. The number of aromatic nitrogens is 1. The molecule has 0 saturated carbocycles. The lowest BCUT2D eigenvalue weighted by Gasteiger charge is -2.33. The monoisotopic (exact) mass is 503 g/mol. The summed E-state index contributed by atoms with van der Waals surface area (Å²) in [5.41, 5.74) is -0.0261. The first kappa shape index (κ1) is 22.0. The predicted octanol–water partition coefficient (Wildman–Crippen LogP) is 3.99. The maximum absolute atomic E-state index is 5.83. The van der Waals surface area contributed by atoms with Crippen LogP contribution in [-0.2, 0) is 12.0 Å². The van der Waals surface area contributed by atoms with Gasteiger partial charge in [0.1, 0.15) is 5.76 Å². The number of halogens is 1. The molecular formula is C19H30IN5OS. The van der Waals surface area contributed by atoms with Crippen molar-refractivity contribution in [3.05, 3.63) is 35.4 Å². The van der Waals surface area contributed by atoms with E-state index in [4.69, 9.17) is 4.42 Å². The molecule has 0 amide bonds. The van der Waals surface area contributed by atoms with Crippen molar-refractivity contribution in [2.24, 2.45) is 4.99 Å². The Kier molecular flexibility index (Phi) is 7.96. The summed E-state index contributed by atoms with van der Waals surface area (Å²) in [5.74, 6) is 2.39. The zero-order chi connectivity index (χ0) is 18.6. The molecule has 1 fully saturated rings. The molecule has 2 aromatic heterocycles. The van der Waals surface area contributed by atoms with Crippen molar-refractivity contribution >= 4 is 46.3 Å². The Labute approximate surface area is 182 Å². The normalized spacial score (nSPS) is 16.1. The van der Waals surface area contributed by atoms with E-state index in [1.54, 1.807) is 7.05 Å². The minimum Gasteiger partial charge on any atom is -0.443 e. The van der Waals surface area contributed by atoms with Gasteiger partial charge in [-0.25, -0.2) is 4.98 Å². The van der Waals surface area contributed by atoms with Crippen LogP contribution in [0.25, 0.3) is 0 Å². The molecule has 2 aromatic rings. The summed E-state index contributed by atoms with van der Waals surface area (Å²) in [6, 6.07) is 4.75. The highest BCUT2D eigenvalue weighted by molar-refractivity contribution is 14.0. The zero-order valence-electron chi connectivity index (χ0n) is 16.5. The van der Waals surface area contributed by atoms with Crippen LogP contribution >= 0.6 is 35.3 Å². The van der Waals surface area contributed by atoms with Gasteiger partial charge >= 0.3 is 0 Å². The summed E-state index contributed by atoms with van der Waals surface area (Å²) in [6.07, 6.45) is 4.02. The number of nitrogens with one attached hydrogen (secondary N) is 2. The van der Waals surface area contributed by atoms with Crippen LogP contribution in [0, 0.1) is 0 Å². The molecule has 6 nitrogen and oxygen atoms in total. The van der Waals surface area contributed by atoms with E-state index in [0.717, 1.165) is 37.7 Å². The summed E-state index contributed by atoms with van der Waals surface area (Å²) in [5, 5.41) is 10.3. The van der Waals surface area contributed by atoms with Gasteiger partial charge in [0.05, 0.1) is 17.7 Å². The van der Waals surface area contributed by atoms with Crippen LogP contribution in [0.3, 0.4) is 0 Å². The molecule has 8 heteroatoms. The van der Waals surface area contributed by atoms with Crippen LogP contribution in [0.2, 0.25) is 0 Å². The molecule has 1 saturated heterocycles. The molecule has 2 N–H and O–H groups in total. The zero-order valence-corrected chi connectivity index (χ0v) is 19.6. The molecule has 0 unspecified atom stereocenters. The lowest BCUT2D eigenvalue weighted by atomic mass is 9.94. The van der Waals surface area contributed by atoms with Crippen LogP contribution in [-0.4, -0.2) is 37.1 Å². The van der Waals surface area contributed by atoms with Gasteiger partial charge < -0.3 is 20.0 Å². The number of aliphatic imine (C=N–C) groups is 1. The molecule has 3 rings (SSSR count). The Bertz CT molecular complexity index is 715. The van der Waals surface area contributed by atoms with E-state index in [0.29, 0.717) is 18.5 Å². The van der Waals surface area contributed by atoms with Crippen molar-refractivity contribution in [3.8, 4) is 0 Å². The van der Waals surface area contributed by atoms with Gasteiger partial charge in [0.15, 0.2) is 5.96 Å². The second kappa shape index (κ2) is 9.77. The SMILES string of the molecule is CN=C(NCc1ncc(C(C)(C)C)o1)NC1CCN(c2cccs2)CC1.I. The van der Waals surface area contributed by atoms with Gasteiger partial charge in [0.2, 0.25) is 5.89 Å². The van der Waals surface area contributed by atoms with Crippen LogP contribution in [0.1, 0.15) is 45.3 Å². The number of guanidine groups is 1. The van der Waals surface area contributed by atoms with E-state index in [-0.39, 0.29) is 29.4 Å². The largest absolute Gasteiger partial charge is 0.443 e. The number of rotatable bonds is 4. The highest BCUT2D eigenvalue weighted by Gasteiger charge is 2.21. The third-order valence-corrected chi connectivity index (χ3v) is 5.51. The van der Waals surface area contributed by atoms with Gasteiger partial charge in [-0.1, -0.05) is 20.8 Å². The fraction of sp³-hybridized carbons (Fsp3) is 0.579. The Morgan fingerprint density at radius 1 is 1.37 bits per heavy atom. The summed E-state index contributed by atoms with van der Waals surface area (Å²) in [6.45, 7) is 9.03. The van der Waals surface area contributed by atoms with E-state index in [1.807, 2.05) is 17.5 Å². The van der Waals surface area contributed by atoms with E-state index < -0.39 is 0 Å². The average Bonchev–Trinajstić information content (AvgIpc) is 3.30. The van der Waals surface area contributed by atoms with Crippen LogP contribution in [0.15, 0.2) is 33.1 Å². The number of thiophene rings is 1. The molecule has 3 heterocycles. The van der Waals surface area contributed by atoms with Crippen molar-refractivity contribution < 1.29 is 4.42 Å². The summed E-state index contributed by atoms with van der Waals surface area (Å²) >= 11 is 1.81. The summed E-state index contributed by atoms with van der Waals surface area (Å²) in [4.78, 5) is 11.1. The third-order valence-electron chi connectivity index (χ3n) is 4.58. The molecule has 1 aliphatic rings. The number of oxazole rings is 1. The third kappa shape index (κ3) is 6.10. The summed E-state index contributed by atoms with van der Waals surface area (Å²) in [7, 11) is 1.80. The lowest BCUT2D eigenvalue weighted by Crippen LogP contribution is -2.48. The fourth-order valence-electron chi connectivity index (χ4n) is 2.98. The van der Waals surface area contributed by atoms with Gasteiger partial charge in [-0.3, -0.25) is 4.99 Å². The average molecular weight is 503 g/mol. The Hall–Kier alpha value is -1.29. The second-order valence-corrected chi connectivity index (χ2v) is 8.58. The second-order valence-electron chi connectivity index (χ2n) is 7.65. The van der Waals surface area contributed by atoms with Gasteiger partial charge in [0.25, 0.3) is 0 Å². The van der Waals surface area contributed by atoms with Crippen molar-refractivity contribution in [2.45, 2.75) is 51.6 Å². The van der Waals surface area contributed by atoms with Crippen molar-refractivity contribution in [1.82, 2.24) is 15.6 Å². The Morgan fingerprint density at radius 2 is 2.11 bits per heavy atom. The first-order chi connectivity index (χ1) is 12.5. The molecule has 0 aromatic carbocycles. The molecule has 0 bridgehead atoms. The maximum atomic E-state index is 5.83. The minimum atomic E-state index is -0.0261. The van der Waals surface area contributed by atoms with Gasteiger partial charge in [-0.05, 0) is 30.4 Å². The van der Waals surface area contributed by atoms with E-state index in [2.05, 4.69) is 63.8 Å². The van der Waals surface area contributed by atoms with Crippen LogP contribution < -0.4 is 15.5 Å². The highest BCUT2D eigenvalue weighted by atomic mass is 127. The van der Waals surface area contributed by atoms with Gasteiger partial charge in [0, 0.05) is 31.6 Å². The molecule has 0 radical (unpaired) electrons. The quantitative estimate of drug-likeness (QED) is 0.376. The standard InChI is InChI=1S/C19H29N5OS.HI/c1-19(2,3)15-12-21-16(25-15)13-22-18(20-4)23-14-7-9-24(10-8-14)17-6-5-11-26-17;/h5-6,11-12,14H,7-10,13H2,1-4H3,(H2,20,22,23);1H. The number of anilines is 1. The first-order valence-electron chi connectivity index (χ1n) is 9.16. The van der Waals surface area contributed by atoms with Gasteiger partial charge in [-0.2, -0.15) is 0 Å². The van der Waals surface area contributed by atoms with Crippen LogP contribution in [0.4, 0.5) is 5.00 Å². The van der Waals surface area contributed by atoms with Gasteiger partial charge in [-0.15, -0.1) is 35.3 Å². The van der Waals surface area contributed by atoms with E-state index in [1.165, 1.54) is 5.00 Å². The lowest BCUT2D eigenvalue weighted by molar-refractivity contribution is 0.379. The van der Waals surface area contributed by atoms with E-state index >= 15 is 0 Å². The molecule has 0 aliphatic carbocycles. The molecular weight excluding hydrogens is 473 g/mol. The smallest absolute Gasteiger partial charge is 0.213 e. The van der Waals surface area contributed by atoms with Crippen molar-refractivity contribution in [1.29, 1.82) is 0 Å².